The quantitative estimate of drug-likeness (QED) is 0.410. The van der Waals surface area contributed by atoms with Crippen molar-refractivity contribution in [2.75, 3.05) is 7.05 Å². The van der Waals surface area contributed by atoms with Gasteiger partial charge in [-0.15, -0.1) is 0 Å². The maximum absolute atomic E-state index is 9.56. The van der Waals surface area contributed by atoms with E-state index in [1.165, 1.54) is 12.4 Å². The Hall–Kier alpha value is -1.12. The van der Waals surface area contributed by atoms with Crippen LogP contribution in [0.1, 0.15) is 0 Å². The van der Waals surface area contributed by atoms with E-state index < -0.39 is 0 Å². The Morgan fingerprint density at radius 3 is 2.88 bits per heavy atom. The van der Waals surface area contributed by atoms with E-state index in [4.69, 9.17) is 0 Å². The Bertz CT molecular complexity index is 107. The molecule has 44 valence electrons. The van der Waals surface area contributed by atoms with Crippen LogP contribution in [0.25, 0.3) is 0 Å². The maximum atomic E-state index is 9.56. The first-order chi connectivity index (χ1) is 3.91. The first kappa shape index (κ1) is 6.88. The highest BCUT2D eigenvalue weighted by Gasteiger charge is 1.59. The summed E-state index contributed by atoms with van der Waals surface area (Å²) in [6, 6.07) is 0. The number of aliphatic imine (C=N–C) groups is 1. The molecule has 3 nitrogen and oxygen atoms in total. The molecule has 0 fully saturated rings. The van der Waals surface area contributed by atoms with E-state index in [-0.39, 0.29) is 0 Å². The van der Waals surface area contributed by atoms with Gasteiger partial charge in [-0.05, 0) is 0 Å². The molecular weight excluding hydrogens is 104 g/mol. The van der Waals surface area contributed by atoms with Gasteiger partial charge in [-0.3, -0.25) is 9.79 Å². The zero-order valence-corrected chi connectivity index (χ0v) is 4.66. The SMILES string of the molecule is CN/C=C\N=CC=O. The van der Waals surface area contributed by atoms with E-state index >= 15 is 0 Å². The average Bonchev–Trinajstić information content (AvgIpc) is 1.81. The van der Waals surface area contributed by atoms with Crippen LogP contribution < -0.4 is 5.32 Å². The summed E-state index contributed by atoms with van der Waals surface area (Å²) in [7, 11) is 1.76. The van der Waals surface area contributed by atoms with Crippen molar-refractivity contribution in [3.05, 3.63) is 12.4 Å². The zero-order chi connectivity index (χ0) is 6.24. The van der Waals surface area contributed by atoms with Crippen molar-refractivity contribution in [2.24, 2.45) is 4.99 Å². The normalized spacial score (nSPS) is 10.6. The Morgan fingerprint density at radius 2 is 2.38 bits per heavy atom. The zero-order valence-electron chi connectivity index (χ0n) is 4.66. The van der Waals surface area contributed by atoms with Crippen molar-refractivity contribution in [3.63, 3.8) is 0 Å². The lowest BCUT2D eigenvalue weighted by Crippen LogP contribution is -1.89. The highest BCUT2D eigenvalue weighted by atomic mass is 16.1. The predicted octanol–water partition coefficient (Wildman–Crippen LogP) is -0.0533. The molecule has 1 N–H and O–H groups in total. The van der Waals surface area contributed by atoms with E-state index in [9.17, 15) is 4.79 Å². The van der Waals surface area contributed by atoms with E-state index in [1.54, 1.807) is 13.2 Å². The largest absolute Gasteiger partial charge is 0.393 e. The van der Waals surface area contributed by atoms with Gasteiger partial charge in [0.15, 0.2) is 6.29 Å². The molecule has 0 amide bonds. The van der Waals surface area contributed by atoms with Gasteiger partial charge in [0, 0.05) is 19.4 Å². The molecule has 0 aliphatic heterocycles. The standard InChI is InChI=1S/C5H8N2O/c1-6-2-3-7-4-5-8/h2-6H,1H3/b3-2-,7-4?. The van der Waals surface area contributed by atoms with Gasteiger partial charge in [-0.25, -0.2) is 0 Å². The van der Waals surface area contributed by atoms with E-state index in [0.29, 0.717) is 6.29 Å². The summed E-state index contributed by atoms with van der Waals surface area (Å²) in [5, 5.41) is 2.72. The minimum Gasteiger partial charge on any atom is -0.393 e. The fraction of sp³-hybridized carbons (Fsp3) is 0.200. The molecule has 0 atom stereocenters. The van der Waals surface area contributed by atoms with E-state index in [2.05, 4.69) is 10.3 Å². The molecular formula is C5H8N2O. The molecule has 0 aliphatic rings. The first-order valence-electron chi connectivity index (χ1n) is 2.21. The number of hydrogen-bond donors (Lipinski definition) is 1. The van der Waals surface area contributed by atoms with Gasteiger partial charge >= 0.3 is 0 Å². The third-order valence-electron chi connectivity index (χ3n) is 0.474. The second-order valence-corrected chi connectivity index (χ2v) is 1.04. The van der Waals surface area contributed by atoms with Crippen LogP contribution in [0, 0.1) is 0 Å². The summed E-state index contributed by atoms with van der Waals surface area (Å²) in [5.41, 5.74) is 0. The molecule has 0 rings (SSSR count). The molecule has 0 aromatic rings. The van der Waals surface area contributed by atoms with Crippen LogP contribution in [-0.2, 0) is 4.79 Å². The predicted molar refractivity (Wildman–Crippen MR) is 32.8 cm³/mol. The van der Waals surface area contributed by atoms with Gasteiger partial charge in [0.25, 0.3) is 0 Å². The van der Waals surface area contributed by atoms with Crippen LogP contribution in [0.3, 0.4) is 0 Å². The molecule has 3 heteroatoms. The highest BCUT2D eigenvalue weighted by molar-refractivity contribution is 6.13. The van der Waals surface area contributed by atoms with Crippen molar-refractivity contribution in [2.45, 2.75) is 0 Å². The van der Waals surface area contributed by atoms with Crippen molar-refractivity contribution >= 4 is 12.5 Å². The topological polar surface area (TPSA) is 41.5 Å². The number of carbonyl (C=O) groups excluding carboxylic acids is 1. The highest BCUT2D eigenvalue weighted by Crippen LogP contribution is 1.64. The second kappa shape index (κ2) is 5.88. The Kier molecular flexibility index (Phi) is 5.06. The summed E-state index contributed by atoms with van der Waals surface area (Å²) in [5.74, 6) is 0. The Morgan fingerprint density at radius 1 is 1.62 bits per heavy atom. The Labute approximate surface area is 48.1 Å². The molecule has 0 saturated carbocycles. The number of aldehydes is 1. The number of rotatable bonds is 3. The van der Waals surface area contributed by atoms with Crippen LogP contribution in [0.5, 0.6) is 0 Å². The summed E-state index contributed by atoms with van der Waals surface area (Å²) in [6.07, 6.45) is 4.92. The van der Waals surface area contributed by atoms with Crippen LogP contribution >= 0.6 is 0 Å². The maximum Gasteiger partial charge on any atom is 0.161 e. The van der Waals surface area contributed by atoms with Crippen LogP contribution in [0.2, 0.25) is 0 Å². The minimum absolute atomic E-state index is 0.625. The molecule has 0 heterocycles. The lowest BCUT2D eigenvalue weighted by molar-refractivity contribution is -0.102. The third-order valence-corrected chi connectivity index (χ3v) is 0.474. The molecule has 0 aromatic carbocycles. The molecule has 0 bridgehead atoms. The number of nitrogens with zero attached hydrogens (tertiary/aromatic N) is 1. The Balaban J connectivity index is 3.26. The molecule has 0 unspecified atom stereocenters. The van der Waals surface area contributed by atoms with Gasteiger partial charge in [0.05, 0.1) is 6.21 Å². The lowest BCUT2D eigenvalue weighted by atomic mass is 10.8. The van der Waals surface area contributed by atoms with Crippen molar-refractivity contribution in [1.82, 2.24) is 5.32 Å². The average molecular weight is 112 g/mol. The summed E-state index contributed by atoms with van der Waals surface area (Å²) in [6.45, 7) is 0. The number of nitrogens with one attached hydrogen (secondary N) is 1. The van der Waals surface area contributed by atoms with Crippen molar-refractivity contribution in [3.8, 4) is 0 Å². The molecule has 0 spiro atoms. The lowest BCUT2D eigenvalue weighted by Gasteiger charge is -1.77. The van der Waals surface area contributed by atoms with Crippen molar-refractivity contribution in [1.29, 1.82) is 0 Å². The number of carbonyl (C=O) groups is 1. The van der Waals surface area contributed by atoms with E-state index in [1.807, 2.05) is 0 Å². The molecule has 0 saturated heterocycles. The summed E-state index contributed by atoms with van der Waals surface area (Å²) < 4.78 is 0. The first-order valence-corrected chi connectivity index (χ1v) is 2.21. The van der Waals surface area contributed by atoms with Crippen LogP contribution in [-0.4, -0.2) is 19.5 Å². The van der Waals surface area contributed by atoms with Gasteiger partial charge in [0.1, 0.15) is 0 Å². The third kappa shape index (κ3) is 4.88. The second-order valence-electron chi connectivity index (χ2n) is 1.04. The van der Waals surface area contributed by atoms with Gasteiger partial charge in [0.2, 0.25) is 0 Å². The van der Waals surface area contributed by atoms with Gasteiger partial charge < -0.3 is 5.32 Å². The van der Waals surface area contributed by atoms with E-state index in [0.717, 1.165) is 0 Å². The van der Waals surface area contributed by atoms with Gasteiger partial charge in [-0.1, -0.05) is 0 Å². The molecule has 0 aromatic heterocycles. The molecule has 0 aliphatic carbocycles. The monoisotopic (exact) mass is 112 g/mol. The fourth-order valence-corrected chi connectivity index (χ4v) is 0.202. The van der Waals surface area contributed by atoms with Crippen LogP contribution in [0.4, 0.5) is 0 Å². The van der Waals surface area contributed by atoms with Crippen LogP contribution in [0.15, 0.2) is 17.4 Å². The smallest absolute Gasteiger partial charge is 0.161 e. The fourth-order valence-electron chi connectivity index (χ4n) is 0.202. The summed E-state index contributed by atoms with van der Waals surface area (Å²) in [4.78, 5) is 13.1. The van der Waals surface area contributed by atoms with Gasteiger partial charge in [-0.2, -0.15) is 0 Å². The molecule has 8 heavy (non-hydrogen) atoms. The minimum atomic E-state index is 0.625. The summed E-state index contributed by atoms with van der Waals surface area (Å²) >= 11 is 0. The number of hydrogen-bond acceptors (Lipinski definition) is 3. The van der Waals surface area contributed by atoms with Crippen molar-refractivity contribution < 1.29 is 4.79 Å². The molecule has 0 radical (unpaired) electrons.